The molecule has 39 heavy (non-hydrogen) atoms. The van der Waals surface area contributed by atoms with E-state index in [1.807, 2.05) is 6.92 Å². The standard InChI is InChI=1S/C24H22FN5O8S/c1-12-29-15-11-16(14(25)10-13(15)21(32)20(24(34)35)23(29)39-12)27-6-8-28(9-7-27)18(31)4-5-26-22(33)17-2-3-19(38-17)30(36)37/h2-3,10-12H,4-9H2,1H3,(H,26,33)(H,34,35). The van der Waals surface area contributed by atoms with Gasteiger partial charge in [0.25, 0.3) is 5.91 Å². The Kier molecular flexibility index (Phi) is 6.76. The highest BCUT2D eigenvalue weighted by molar-refractivity contribution is 8.00. The van der Waals surface area contributed by atoms with Gasteiger partial charge in [0.15, 0.2) is 5.76 Å². The van der Waals surface area contributed by atoms with Crippen molar-refractivity contribution >= 4 is 52.0 Å². The van der Waals surface area contributed by atoms with Crippen molar-refractivity contribution in [1.29, 1.82) is 0 Å². The Bertz CT molecular complexity index is 1590. The molecule has 2 aromatic heterocycles. The van der Waals surface area contributed by atoms with Gasteiger partial charge in [-0.25, -0.2) is 9.18 Å². The van der Waals surface area contributed by atoms with Crippen molar-refractivity contribution < 1.29 is 33.2 Å². The smallest absolute Gasteiger partial charge is 0.433 e. The number of halogens is 1. The molecule has 0 bridgehead atoms. The maximum atomic E-state index is 15.1. The number of furan rings is 1. The summed E-state index contributed by atoms with van der Waals surface area (Å²) in [6.07, 6.45) is -0.00457. The van der Waals surface area contributed by atoms with Crippen LogP contribution >= 0.6 is 11.8 Å². The number of hydrogen-bond acceptors (Lipinski definition) is 9. The van der Waals surface area contributed by atoms with Gasteiger partial charge in [0.1, 0.15) is 16.3 Å². The molecule has 4 heterocycles. The molecule has 0 radical (unpaired) electrons. The number of nitro groups is 1. The number of nitrogens with one attached hydrogen (secondary N) is 1. The molecule has 0 spiro atoms. The van der Waals surface area contributed by atoms with Crippen LogP contribution in [0.25, 0.3) is 10.9 Å². The summed E-state index contributed by atoms with van der Waals surface area (Å²) in [7, 11) is 0. The van der Waals surface area contributed by atoms with Gasteiger partial charge in [0, 0.05) is 44.5 Å². The quantitative estimate of drug-likeness (QED) is 0.324. The number of amides is 2. The van der Waals surface area contributed by atoms with Gasteiger partial charge in [-0.1, -0.05) is 11.8 Å². The van der Waals surface area contributed by atoms with Crippen molar-refractivity contribution in [2.75, 3.05) is 37.6 Å². The van der Waals surface area contributed by atoms with Crippen LogP contribution in [0.1, 0.15) is 39.6 Å². The van der Waals surface area contributed by atoms with E-state index < -0.39 is 33.9 Å². The number of carbonyl (C=O) groups is 3. The van der Waals surface area contributed by atoms with Crippen LogP contribution in [0.2, 0.25) is 0 Å². The van der Waals surface area contributed by atoms with Gasteiger partial charge in [0.05, 0.1) is 27.7 Å². The molecule has 0 saturated carbocycles. The van der Waals surface area contributed by atoms with E-state index >= 15 is 4.39 Å². The summed E-state index contributed by atoms with van der Waals surface area (Å²) < 4.78 is 21.7. The lowest BCUT2D eigenvalue weighted by Gasteiger charge is -2.37. The van der Waals surface area contributed by atoms with E-state index in [1.165, 1.54) is 17.8 Å². The first-order valence-corrected chi connectivity index (χ1v) is 12.8. The lowest BCUT2D eigenvalue weighted by molar-refractivity contribution is -0.402. The summed E-state index contributed by atoms with van der Waals surface area (Å²) in [5.41, 5.74) is -0.359. The Morgan fingerprint density at radius 2 is 1.95 bits per heavy atom. The van der Waals surface area contributed by atoms with Gasteiger partial charge in [0.2, 0.25) is 11.3 Å². The number of carboxylic acid groups (broad SMARTS) is 1. The van der Waals surface area contributed by atoms with E-state index in [1.54, 1.807) is 20.4 Å². The van der Waals surface area contributed by atoms with Crippen LogP contribution < -0.4 is 15.6 Å². The first-order valence-electron chi connectivity index (χ1n) is 11.9. The summed E-state index contributed by atoms with van der Waals surface area (Å²) in [6.45, 7) is 3.12. The maximum Gasteiger partial charge on any atom is 0.433 e. The minimum Gasteiger partial charge on any atom is -0.477 e. The Balaban J connectivity index is 1.22. The molecular weight excluding hydrogens is 537 g/mol. The highest BCUT2D eigenvalue weighted by atomic mass is 32.2. The Hall–Kier alpha value is -4.40. The SMILES string of the molecule is CC1Sc2c(C(=O)O)c(=O)c3cc(F)c(N4CCN(C(=O)CCNC(=O)c5ccc([N+](=O)[O-])o5)CC4)cc3n21. The van der Waals surface area contributed by atoms with Crippen molar-refractivity contribution in [2.24, 2.45) is 0 Å². The average Bonchev–Trinajstić information content (AvgIpc) is 3.39. The Morgan fingerprint density at radius 1 is 1.23 bits per heavy atom. The van der Waals surface area contributed by atoms with E-state index in [0.29, 0.717) is 36.7 Å². The zero-order valence-corrected chi connectivity index (χ0v) is 21.3. The molecule has 1 fully saturated rings. The highest BCUT2D eigenvalue weighted by Crippen LogP contribution is 2.46. The van der Waals surface area contributed by atoms with Gasteiger partial charge < -0.3 is 29.2 Å². The van der Waals surface area contributed by atoms with Crippen molar-refractivity contribution in [3.05, 3.63) is 61.7 Å². The van der Waals surface area contributed by atoms with Gasteiger partial charge in [-0.3, -0.25) is 24.5 Å². The fraction of sp³-hybridized carbons (Fsp3) is 0.333. The Morgan fingerprint density at radius 3 is 2.56 bits per heavy atom. The second kappa shape index (κ2) is 10.1. The molecule has 1 atom stereocenters. The minimum atomic E-state index is -1.35. The summed E-state index contributed by atoms with van der Waals surface area (Å²) >= 11 is 1.27. The predicted molar refractivity (Wildman–Crippen MR) is 137 cm³/mol. The first kappa shape index (κ1) is 26.2. The number of nitrogens with zero attached hydrogens (tertiary/aromatic N) is 4. The van der Waals surface area contributed by atoms with Crippen LogP contribution in [0.3, 0.4) is 0 Å². The number of thioether (sulfide) groups is 1. The minimum absolute atomic E-state index is 0.0000700. The predicted octanol–water partition coefficient (Wildman–Crippen LogP) is 2.43. The molecular formula is C24H22FN5O8S. The molecule has 5 rings (SSSR count). The van der Waals surface area contributed by atoms with Crippen LogP contribution in [0.15, 0.2) is 38.5 Å². The topological polar surface area (TPSA) is 168 Å². The monoisotopic (exact) mass is 559 g/mol. The molecule has 1 unspecified atom stereocenters. The largest absolute Gasteiger partial charge is 0.477 e. The van der Waals surface area contributed by atoms with Crippen LogP contribution in [-0.4, -0.2) is 70.0 Å². The fourth-order valence-corrected chi connectivity index (χ4v) is 5.89. The molecule has 0 aliphatic carbocycles. The number of anilines is 1. The third-order valence-electron chi connectivity index (χ3n) is 6.68. The number of pyridine rings is 1. The third-order valence-corrected chi connectivity index (χ3v) is 7.86. The Labute approximate surface area is 223 Å². The van der Waals surface area contributed by atoms with Crippen molar-refractivity contribution in [1.82, 2.24) is 14.8 Å². The lowest BCUT2D eigenvalue weighted by atomic mass is 10.1. The highest BCUT2D eigenvalue weighted by Gasteiger charge is 2.33. The summed E-state index contributed by atoms with van der Waals surface area (Å²) in [5.74, 6) is -3.69. The van der Waals surface area contributed by atoms with Crippen molar-refractivity contribution in [3.8, 4) is 0 Å². The normalized spacial score (nSPS) is 16.5. The molecule has 1 saturated heterocycles. The molecule has 2 amide bonds. The molecule has 204 valence electrons. The number of aromatic nitrogens is 1. The number of carbonyl (C=O) groups excluding carboxylic acids is 2. The van der Waals surface area contributed by atoms with Gasteiger partial charge in [-0.05, 0) is 25.1 Å². The van der Waals surface area contributed by atoms with Crippen LogP contribution in [0.5, 0.6) is 0 Å². The van der Waals surface area contributed by atoms with Gasteiger partial charge >= 0.3 is 11.9 Å². The van der Waals surface area contributed by atoms with Crippen molar-refractivity contribution in [2.45, 2.75) is 23.7 Å². The number of aromatic carboxylic acids is 1. The molecule has 3 aromatic rings. The van der Waals surface area contributed by atoms with E-state index in [9.17, 15) is 34.4 Å². The van der Waals surface area contributed by atoms with Gasteiger partial charge in [-0.15, -0.1) is 0 Å². The lowest BCUT2D eigenvalue weighted by Crippen LogP contribution is -2.49. The first-order chi connectivity index (χ1) is 18.6. The molecule has 2 N–H and O–H groups in total. The zero-order valence-electron chi connectivity index (χ0n) is 20.5. The van der Waals surface area contributed by atoms with Crippen LogP contribution in [-0.2, 0) is 4.79 Å². The third kappa shape index (κ3) is 4.69. The van der Waals surface area contributed by atoms with E-state index in [4.69, 9.17) is 4.42 Å². The number of rotatable bonds is 7. The number of piperazine rings is 1. The molecule has 13 nitrogen and oxygen atoms in total. The summed E-state index contributed by atoms with van der Waals surface area (Å²) in [6, 6.07) is 4.88. The number of fused-ring (bicyclic) bond motifs is 3. The molecule has 2 aliphatic heterocycles. The van der Waals surface area contributed by atoms with Crippen molar-refractivity contribution in [3.63, 3.8) is 0 Å². The van der Waals surface area contributed by atoms with E-state index in [0.717, 1.165) is 12.1 Å². The zero-order chi connectivity index (χ0) is 28.0. The molecule has 15 heteroatoms. The van der Waals surface area contributed by atoms with E-state index in [2.05, 4.69) is 5.32 Å². The average molecular weight is 560 g/mol. The summed E-state index contributed by atoms with van der Waals surface area (Å²) in [5, 5.41) is 22.9. The summed E-state index contributed by atoms with van der Waals surface area (Å²) in [4.78, 5) is 62.4. The fourth-order valence-electron chi connectivity index (χ4n) is 4.74. The number of hydrogen-bond donors (Lipinski definition) is 2. The van der Waals surface area contributed by atoms with Crippen LogP contribution in [0, 0.1) is 15.9 Å². The molecule has 1 aromatic carbocycles. The second-order valence-electron chi connectivity index (χ2n) is 8.99. The van der Waals surface area contributed by atoms with E-state index in [-0.39, 0.29) is 46.6 Å². The van der Waals surface area contributed by atoms with Crippen LogP contribution in [0.4, 0.5) is 16.0 Å². The maximum absolute atomic E-state index is 15.1. The number of carboxylic acids is 1. The van der Waals surface area contributed by atoms with Gasteiger partial charge in [-0.2, -0.15) is 0 Å². The molecule has 2 aliphatic rings. The second-order valence-corrected chi connectivity index (χ2v) is 10.3. The number of benzene rings is 1.